The molecule has 18 heavy (non-hydrogen) atoms. The molecule has 8 heteroatoms. The van der Waals surface area contributed by atoms with Crippen LogP contribution in [0.25, 0.3) is 0 Å². The Morgan fingerprint density at radius 1 is 1.44 bits per heavy atom. The molecule has 0 unspecified atom stereocenters. The Morgan fingerprint density at radius 2 is 2.06 bits per heavy atom. The van der Waals surface area contributed by atoms with Crippen LogP contribution in [0.2, 0.25) is 0 Å². The van der Waals surface area contributed by atoms with Crippen molar-refractivity contribution in [2.45, 2.75) is 12.3 Å². The number of alkyl halides is 4. The predicted molar refractivity (Wildman–Crippen MR) is 60.3 cm³/mol. The van der Waals surface area contributed by atoms with E-state index in [2.05, 4.69) is 15.9 Å². The lowest BCUT2D eigenvalue weighted by atomic mass is 10.2. The van der Waals surface area contributed by atoms with Crippen LogP contribution >= 0.6 is 15.9 Å². The van der Waals surface area contributed by atoms with Gasteiger partial charge in [-0.1, -0.05) is 0 Å². The second kappa shape index (κ2) is 5.55. The maximum Gasteiger partial charge on any atom is 0.383 e. The average Bonchev–Trinajstić information content (AvgIpc) is 2.31. The number of carbonyl (C=O) groups is 1. The first-order valence-corrected chi connectivity index (χ1v) is 5.39. The third kappa shape index (κ3) is 3.12. The standard InChI is InChI=1S/C10H8BrF4NO2/c1-18-7-4-5(2-3-6(7)11)16-9(17)10(14,15)8(12)13/h2-4,8H,1H3,(H,16,17). The van der Waals surface area contributed by atoms with Crippen molar-refractivity contribution < 1.29 is 27.1 Å². The van der Waals surface area contributed by atoms with Crippen LogP contribution in [-0.2, 0) is 4.79 Å². The van der Waals surface area contributed by atoms with Crippen molar-refractivity contribution >= 4 is 27.5 Å². The van der Waals surface area contributed by atoms with Crippen LogP contribution in [0, 0.1) is 0 Å². The van der Waals surface area contributed by atoms with E-state index in [4.69, 9.17) is 4.74 Å². The maximum absolute atomic E-state index is 12.7. The summed E-state index contributed by atoms with van der Waals surface area (Å²) in [5.74, 6) is -6.53. The van der Waals surface area contributed by atoms with Gasteiger partial charge in [0.05, 0.1) is 11.6 Å². The van der Waals surface area contributed by atoms with E-state index in [-0.39, 0.29) is 11.4 Å². The lowest BCUT2D eigenvalue weighted by Crippen LogP contribution is -2.40. The highest BCUT2D eigenvalue weighted by molar-refractivity contribution is 9.10. The van der Waals surface area contributed by atoms with Gasteiger partial charge in [0.1, 0.15) is 5.75 Å². The summed E-state index contributed by atoms with van der Waals surface area (Å²) in [5, 5.41) is 1.70. The predicted octanol–water partition coefficient (Wildman–Crippen LogP) is 3.30. The molecule has 0 atom stereocenters. The zero-order valence-corrected chi connectivity index (χ0v) is 10.6. The molecule has 0 saturated heterocycles. The van der Waals surface area contributed by atoms with Gasteiger partial charge >= 0.3 is 18.3 Å². The Labute approximate surface area is 108 Å². The van der Waals surface area contributed by atoms with Crippen LogP contribution in [0.1, 0.15) is 0 Å². The highest BCUT2D eigenvalue weighted by atomic mass is 79.9. The van der Waals surface area contributed by atoms with Gasteiger partial charge in [0.25, 0.3) is 0 Å². The van der Waals surface area contributed by atoms with E-state index in [1.54, 1.807) is 5.32 Å². The molecule has 0 bridgehead atoms. The highest BCUT2D eigenvalue weighted by Crippen LogP contribution is 2.29. The van der Waals surface area contributed by atoms with Gasteiger partial charge in [0.2, 0.25) is 0 Å². The SMILES string of the molecule is COc1cc(NC(=O)C(F)(F)C(F)F)ccc1Br. The molecule has 3 nitrogen and oxygen atoms in total. The van der Waals surface area contributed by atoms with Gasteiger partial charge in [-0.05, 0) is 28.1 Å². The minimum absolute atomic E-state index is 0.0691. The van der Waals surface area contributed by atoms with Crippen LogP contribution in [0.3, 0.4) is 0 Å². The summed E-state index contributed by atoms with van der Waals surface area (Å²) in [6, 6.07) is 3.92. The molecule has 1 aromatic rings. The van der Waals surface area contributed by atoms with Gasteiger partial charge < -0.3 is 10.1 Å². The maximum atomic E-state index is 12.7. The molecule has 1 aromatic carbocycles. The number of amides is 1. The fourth-order valence-corrected chi connectivity index (χ4v) is 1.46. The first-order chi connectivity index (χ1) is 8.28. The van der Waals surface area contributed by atoms with Gasteiger partial charge in [-0.15, -0.1) is 0 Å². The molecule has 0 aliphatic rings. The lowest BCUT2D eigenvalue weighted by Gasteiger charge is -2.15. The van der Waals surface area contributed by atoms with E-state index in [1.807, 2.05) is 0 Å². The van der Waals surface area contributed by atoms with Crippen molar-refractivity contribution in [1.29, 1.82) is 0 Å². The van der Waals surface area contributed by atoms with E-state index in [0.29, 0.717) is 4.47 Å². The number of hydrogen-bond acceptors (Lipinski definition) is 2. The number of methoxy groups -OCH3 is 1. The molecule has 0 radical (unpaired) electrons. The smallest absolute Gasteiger partial charge is 0.383 e. The molecule has 0 aliphatic heterocycles. The molecule has 0 spiro atoms. The number of benzene rings is 1. The third-order valence-corrected chi connectivity index (χ3v) is 2.64. The van der Waals surface area contributed by atoms with Crippen LogP contribution < -0.4 is 10.1 Å². The zero-order valence-electron chi connectivity index (χ0n) is 9.02. The number of halogens is 5. The Morgan fingerprint density at radius 3 is 2.56 bits per heavy atom. The fourth-order valence-electron chi connectivity index (χ4n) is 1.05. The summed E-state index contributed by atoms with van der Waals surface area (Å²) in [6.07, 6.45) is -4.06. The number of nitrogens with one attached hydrogen (secondary N) is 1. The number of ether oxygens (including phenoxy) is 1. The summed E-state index contributed by atoms with van der Waals surface area (Å²) in [4.78, 5) is 11.0. The summed E-state index contributed by atoms with van der Waals surface area (Å²) < 4.78 is 54.6. The number of carbonyl (C=O) groups excluding carboxylic acids is 1. The second-order valence-electron chi connectivity index (χ2n) is 3.23. The molecule has 0 aromatic heterocycles. The van der Waals surface area contributed by atoms with Crippen molar-refractivity contribution in [3.05, 3.63) is 22.7 Å². The molecular weight excluding hydrogens is 322 g/mol. The van der Waals surface area contributed by atoms with Crippen molar-refractivity contribution in [2.24, 2.45) is 0 Å². The number of rotatable bonds is 4. The Hall–Kier alpha value is -1.31. The monoisotopic (exact) mass is 329 g/mol. The first kappa shape index (κ1) is 14.7. The second-order valence-corrected chi connectivity index (χ2v) is 4.08. The van der Waals surface area contributed by atoms with E-state index in [1.165, 1.54) is 25.3 Å². The highest BCUT2D eigenvalue weighted by Gasteiger charge is 2.48. The molecule has 1 rings (SSSR count). The van der Waals surface area contributed by atoms with Gasteiger partial charge in [0, 0.05) is 11.8 Å². The third-order valence-electron chi connectivity index (χ3n) is 1.99. The topological polar surface area (TPSA) is 38.3 Å². The summed E-state index contributed by atoms with van der Waals surface area (Å²) >= 11 is 3.11. The van der Waals surface area contributed by atoms with Gasteiger partial charge in [0.15, 0.2) is 0 Å². The van der Waals surface area contributed by atoms with Gasteiger partial charge in [-0.3, -0.25) is 4.79 Å². The van der Waals surface area contributed by atoms with Crippen molar-refractivity contribution in [2.75, 3.05) is 12.4 Å². The van der Waals surface area contributed by atoms with E-state index in [9.17, 15) is 22.4 Å². The Bertz CT molecular complexity index is 454. The van der Waals surface area contributed by atoms with Gasteiger partial charge in [-0.2, -0.15) is 8.78 Å². The molecule has 0 heterocycles. The molecule has 1 amide bonds. The van der Waals surface area contributed by atoms with Crippen LogP contribution in [0.4, 0.5) is 23.2 Å². The van der Waals surface area contributed by atoms with Crippen molar-refractivity contribution in [3.63, 3.8) is 0 Å². The quantitative estimate of drug-likeness (QED) is 0.861. The molecule has 1 N–H and O–H groups in total. The largest absolute Gasteiger partial charge is 0.495 e. The number of hydrogen-bond donors (Lipinski definition) is 1. The minimum atomic E-state index is -4.74. The first-order valence-electron chi connectivity index (χ1n) is 4.60. The van der Waals surface area contributed by atoms with Crippen LogP contribution in [0.5, 0.6) is 5.75 Å². The molecule has 100 valence electrons. The average molecular weight is 330 g/mol. The van der Waals surface area contributed by atoms with Crippen LogP contribution in [0.15, 0.2) is 22.7 Å². The Kier molecular flexibility index (Phi) is 4.55. The van der Waals surface area contributed by atoms with Crippen molar-refractivity contribution in [1.82, 2.24) is 0 Å². The summed E-state index contributed by atoms with van der Waals surface area (Å²) in [5.41, 5.74) is -0.0691. The molecule has 0 aliphatic carbocycles. The number of anilines is 1. The summed E-state index contributed by atoms with van der Waals surface area (Å²) in [7, 11) is 1.33. The Balaban J connectivity index is 2.89. The van der Waals surface area contributed by atoms with E-state index < -0.39 is 18.3 Å². The lowest BCUT2D eigenvalue weighted by molar-refractivity contribution is -0.163. The molecular formula is C10H8BrF4NO2. The zero-order chi connectivity index (χ0) is 13.9. The van der Waals surface area contributed by atoms with Gasteiger partial charge in [-0.25, -0.2) is 8.78 Å². The van der Waals surface area contributed by atoms with E-state index >= 15 is 0 Å². The minimum Gasteiger partial charge on any atom is -0.495 e. The van der Waals surface area contributed by atoms with Crippen LogP contribution in [-0.4, -0.2) is 25.4 Å². The van der Waals surface area contributed by atoms with E-state index in [0.717, 1.165) is 0 Å². The summed E-state index contributed by atoms with van der Waals surface area (Å²) in [6.45, 7) is 0. The van der Waals surface area contributed by atoms with Crippen molar-refractivity contribution in [3.8, 4) is 5.75 Å². The fraction of sp³-hybridized carbons (Fsp3) is 0.300. The molecule has 0 saturated carbocycles. The molecule has 0 fully saturated rings. The normalized spacial score (nSPS) is 11.5.